The number of ketones is 1. The van der Waals surface area contributed by atoms with Crippen molar-refractivity contribution in [3.63, 3.8) is 0 Å². The Bertz CT molecular complexity index is 1920. The van der Waals surface area contributed by atoms with Gasteiger partial charge < -0.3 is 24.1 Å². The number of allylic oxidation sites excluding steroid dienone is 2. The van der Waals surface area contributed by atoms with Crippen molar-refractivity contribution in [1.29, 1.82) is 0 Å². The molecule has 1 aliphatic heterocycles. The van der Waals surface area contributed by atoms with E-state index in [1.54, 1.807) is 32.5 Å². The van der Waals surface area contributed by atoms with Crippen molar-refractivity contribution in [3.05, 3.63) is 119 Å². The molecule has 1 aromatic heterocycles. The van der Waals surface area contributed by atoms with Crippen molar-refractivity contribution < 1.29 is 18.8 Å². The highest BCUT2D eigenvalue weighted by atomic mass is 32.1. The molecule has 6 nitrogen and oxygen atoms in total. The first-order valence-corrected chi connectivity index (χ1v) is 16.4. The molecule has 1 aliphatic rings. The van der Waals surface area contributed by atoms with Gasteiger partial charge in [0, 0.05) is 44.3 Å². The number of methoxy groups -OCH3 is 2. The van der Waals surface area contributed by atoms with Gasteiger partial charge in [0.1, 0.15) is 34.9 Å². The standard InChI is InChI=1S/C39H40N3O3S/c1-27(43)13-12-22-40(2)37-24-30(31-16-9-10-17-32(31)42(37)26-28-14-7-6-8-15-28)25-38-41(3)33-21-20-29(23-36(33)46-38)39-34(44-4)18-11-19-35(39)45-5/h6-11,14-21,23-25H,12-13,22,26H2,1-5H3/q+1. The number of thiazole rings is 1. The minimum absolute atomic E-state index is 0.225. The molecule has 2 heterocycles. The molecule has 234 valence electrons. The molecule has 0 saturated carbocycles. The summed E-state index contributed by atoms with van der Waals surface area (Å²) in [5.41, 5.74) is 7.92. The van der Waals surface area contributed by atoms with Crippen LogP contribution in [-0.2, 0) is 18.4 Å². The largest absolute Gasteiger partial charge is 0.496 e. The van der Waals surface area contributed by atoms with E-state index in [0.29, 0.717) is 6.42 Å². The Morgan fingerprint density at radius 2 is 1.65 bits per heavy atom. The number of aryl methyl sites for hydroxylation is 1. The summed E-state index contributed by atoms with van der Waals surface area (Å²) < 4.78 is 14.9. The number of carbonyl (C=O) groups is 1. The molecule has 6 rings (SSSR count). The third-order valence-corrected chi connectivity index (χ3v) is 9.67. The zero-order valence-electron chi connectivity index (χ0n) is 27.1. The fourth-order valence-corrected chi connectivity index (χ4v) is 7.28. The number of fused-ring (bicyclic) bond motifs is 2. The van der Waals surface area contributed by atoms with Crippen LogP contribution < -0.4 is 18.9 Å². The van der Waals surface area contributed by atoms with E-state index < -0.39 is 0 Å². The summed E-state index contributed by atoms with van der Waals surface area (Å²) in [5.74, 6) is 2.91. The molecule has 0 aliphatic carbocycles. The van der Waals surface area contributed by atoms with Crippen molar-refractivity contribution in [1.82, 2.24) is 4.90 Å². The van der Waals surface area contributed by atoms with Crippen LogP contribution in [0.15, 0.2) is 103 Å². The van der Waals surface area contributed by atoms with E-state index in [4.69, 9.17) is 9.47 Å². The van der Waals surface area contributed by atoms with E-state index in [9.17, 15) is 4.79 Å². The molecule has 4 aromatic carbocycles. The molecule has 5 aromatic rings. The lowest BCUT2D eigenvalue weighted by atomic mass is 9.97. The molecule has 46 heavy (non-hydrogen) atoms. The lowest BCUT2D eigenvalue weighted by Gasteiger charge is -2.38. The molecule has 7 heteroatoms. The van der Waals surface area contributed by atoms with E-state index in [-0.39, 0.29) is 5.78 Å². The smallest absolute Gasteiger partial charge is 0.263 e. The first-order valence-electron chi connectivity index (χ1n) is 15.6. The summed E-state index contributed by atoms with van der Waals surface area (Å²) in [6.07, 6.45) is 5.99. The Balaban J connectivity index is 1.44. The highest BCUT2D eigenvalue weighted by Gasteiger charge is 2.27. The number of hydrogen-bond acceptors (Lipinski definition) is 6. The van der Waals surface area contributed by atoms with Crippen LogP contribution in [-0.4, -0.2) is 38.5 Å². The summed E-state index contributed by atoms with van der Waals surface area (Å²) in [5, 5.41) is 1.15. The van der Waals surface area contributed by atoms with Crippen molar-refractivity contribution in [2.75, 3.05) is 32.7 Å². The second-order valence-corrected chi connectivity index (χ2v) is 12.7. The molecule has 0 saturated heterocycles. The number of Topliss-reactive ketones (excluding diaryl/α,β-unsaturated/α-hetero) is 1. The van der Waals surface area contributed by atoms with Crippen LogP contribution in [0.3, 0.4) is 0 Å². The van der Waals surface area contributed by atoms with Crippen LogP contribution in [0.4, 0.5) is 5.69 Å². The maximum Gasteiger partial charge on any atom is 0.263 e. The summed E-state index contributed by atoms with van der Waals surface area (Å²) in [7, 11) is 7.64. The van der Waals surface area contributed by atoms with Crippen molar-refractivity contribution >= 4 is 44.7 Å². The van der Waals surface area contributed by atoms with Gasteiger partial charge in [-0.1, -0.05) is 65.9 Å². The Kier molecular flexibility index (Phi) is 9.22. The minimum atomic E-state index is 0.225. The van der Waals surface area contributed by atoms with Gasteiger partial charge in [0.2, 0.25) is 5.52 Å². The molecule has 0 unspecified atom stereocenters. The van der Waals surface area contributed by atoms with Gasteiger partial charge in [-0.2, -0.15) is 4.57 Å². The van der Waals surface area contributed by atoms with Gasteiger partial charge in [0.25, 0.3) is 5.01 Å². The van der Waals surface area contributed by atoms with Gasteiger partial charge >= 0.3 is 0 Å². The number of carbonyl (C=O) groups excluding carboxylic acids is 1. The highest BCUT2D eigenvalue weighted by Crippen LogP contribution is 2.41. The Morgan fingerprint density at radius 3 is 2.37 bits per heavy atom. The molecule has 0 atom stereocenters. The second kappa shape index (κ2) is 13.6. The molecule has 0 radical (unpaired) electrons. The Hall–Kier alpha value is -4.88. The predicted molar refractivity (Wildman–Crippen MR) is 189 cm³/mol. The van der Waals surface area contributed by atoms with Gasteiger partial charge in [0.15, 0.2) is 0 Å². The molecule has 0 fully saturated rings. The van der Waals surface area contributed by atoms with Crippen LogP contribution in [0, 0.1) is 0 Å². The summed E-state index contributed by atoms with van der Waals surface area (Å²) in [4.78, 5) is 16.4. The zero-order valence-corrected chi connectivity index (χ0v) is 27.9. The number of anilines is 1. The summed E-state index contributed by atoms with van der Waals surface area (Å²) in [6, 6.07) is 31.6. The number of nitrogens with zero attached hydrogens (tertiary/aromatic N) is 3. The predicted octanol–water partition coefficient (Wildman–Crippen LogP) is 8.11. The highest BCUT2D eigenvalue weighted by molar-refractivity contribution is 7.19. The van der Waals surface area contributed by atoms with E-state index in [1.807, 2.05) is 18.2 Å². The maximum atomic E-state index is 11.7. The number of hydrogen-bond donors (Lipinski definition) is 0. The minimum Gasteiger partial charge on any atom is -0.496 e. The van der Waals surface area contributed by atoms with E-state index >= 15 is 0 Å². The normalized spacial score (nSPS) is 13.5. The SMILES string of the molecule is COc1cccc(OC)c1-c1ccc2c(c1)sc(/C=C1\C=C(N(C)CCCC(C)=O)N(Cc3ccccc3)c3ccccc31)[n+]2C. The molecular weight excluding hydrogens is 591 g/mol. The average molecular weight is 631 g/mol. The van der Waals surface area contributed by atoms with Gasteiger partial charge in [-0.25, -0.2) is 0 Å². The Labute approximate surface area is 275 Å². The Morgan fingerprint density at radius 1 is 0.935 bits per heavy atom. The number of benzene rings is 4. The van der Waals surface area contributed by atoms with Crippen LogP contribution in [0.5, 0.6) is 11.5 Å². The summed E-state index contributed by atoms with van der Waals surface area (Å²) in [6.45, 7) is 3.21. The van der Waals surface area contributed by atoms with Gasteiger partial charge in [-0.15, -0.1) is 0 Å². The topological polar surface area (TPSA) is 45.9 Å². The van der Waals surface area contributed by atoms with Gasteiger partial charge in [-0.05, 0) is 66.5 Å². The summed E-state index contributed by atoms with van der Waals surface area (Å²) >= 11 is 1.77. The first-order chi connectivity index (χ1) is 22.4. The van der Waals surface area contributed by atoms with Crippen LogP contribution in [0.25, 0.3) is 33.0 Å². The average Bonchev–Trinajstić information content (AvgIpc) is 3.39. The quantitative estimate of drug-likeness (QED) is 0.138. The van der Waals surface area contributed by atoms with Gasteiger partial charge in [-0.3, -0.25) is 0 Å². The lowest BCUT2D eigenvalue weighted by molar-refractivity contribution is -0.642. The molecule has 0 bridgehead atoms. The van der Waals surface area contributed by atoms with E-state index in [0.717, 1.165) is 64.1 Å². The molecule has 0 amide bonds. The van der Waals surface area contributed by atoms with Crippen molar-refractivity contribution in [2.45, 2.75) is 26.3 Å². The number of ether oxygens (including phenoxy) is 2. The third-order valence-electron chi connectivity index (χ3n) is 8.53. The lowest BCUT2D eigenvalue weighted by Crippen LogP contribution is -2.36. The number of aromatic nitrogens is 1. The zero-order chi connectivity index (χ0) is 32.2. The first kappa shape index (κ1) is 31.1. The van der Waals surface area contributed by atoms with Crippen molar-refractivity contribution in [3.8, 4) is 22.6 Å². The maximum absolute atomic E-state index is 11.7. The molecule has 0 N–H and O–H groups in total. The van der Waals surface area contributed by atoms with Gasteiger partial charge in [0.05, 0.1) is 25.5 Å². The van der Waals surface area contributed by atoms with Crippen LogP contribution >= 0.6 is 11.3 Å². The van der Waals surface area contributed by atoms with Crippen LogP contribution in [0.2, 0.25) is 0 Å². The van der Waals surface area contributed by atoms with Crippen LogP contribution in [0.1, 0.15) is 35.9 Å². The molecular formula is C39H40N3O3S+. The second-order valence-electron chi connectivity index (χ2n) is 11.6. The van der Waals surface area contributed by atoms with E-state index in [2.05, 4.69) is 113 Å². The van der Waals surface area contributed by atoms with Crippen molar-refractivity contribution in [2.24, 2.45) is 7.05 Å². The molecule has 0 spiro atoms. The number of rotatable bonds is 11. The number of para-hydroxylation sites is 1. The van der Waals surface area contributed by atoms with E-state index in [1.165, 1.54) is 21.5 Å². The fraction of sp³-hybridized carbons (Fsp3) is 0.231. The monoisotopic (exact) mass is 630 g/mol. The third kappa shape index (κ3) is 6.28. The fourth-order valence-electron chi connectivity index (χ4n) is 6.14.